The maximum absolute atomic E-state index is 13.3. The number of piperidine rings is 1. The lowest BCUT2D eigenvalue weighted by molar-refractivity contribution is -0.126. The summed E-state index contributed by atoms with van der Waals surface area (Å²) in [7, 11) is 0. The van der Waals surface area contributed by atoms with Crippen LogP contribution in [0.5, 0.6) is 0 Å². The van der Waals surface area contributed by atoms with Crippen LogP contribution >= 0.6 is 0 Å². The minimum atomic E-state index is -0.490. The molecule has 2 aromatic heterocycles. The first-order valence-electron chi connectivity index (χ1n) is 11.5. The van der Waals surface area contributed by atoms with E-state index >= 15 is 0 Å². The molecule has 168 valence electrons. The van der Waals surface area contributed by atoms with E-state index in [2.05, 4.69) is 34.6 Å². The smallest absolute Gasteiger partial charge is 0.290 e. The number of hydrogen-bond acceptors (Lipinski definition) is 3. The van der Waals surface area contributed by atoms with Crippen LogP contribution in [0.25, 0.3) is 10.9 Å². The average Bonchev–Trinajstić information content (AvgIpc) is 3.55. The molecule has 2 amide bonds. The number of carbonyl (C=O) groups is 2. The molecule has 33 heavy (non-hydrogen) atoms. The topological polar surface area (TPSA) is 78.3 Å². The van der Waals surface area contributed by atoms with Crippen molar-refractivity contribution in [1.29, 1.82) is 0 Å². The molecule has 4 aromatic rings. The first kappa shape index (κ1) is 21.1. The van der Waals surface area contributed by atoms with Gasteiger partial charge in [0.1, 0.15) is 6.04 Å². The van der Waals surface area contributed by atoms with Gasteiger partial charge in [-0.1, -0.05) is 48.5 Å². The third kappa shape index (κ3) is 4.29. The average molecular weight is 442 g/mol. The Bertz CT molecular complexity index is 1230. The van der Waals surface area contributed by atoms with Gasteiger partial charge in [-0.15, -0.1) is 0 Å². The Labute approximate surface area is 192 Å². The van der Waals surface area contributed by atoms with Crippen LogP contribution in [-0.4, -0.2) is 40.8 Å². The van der Waals surface area contributed by atoms with Gasteiger partial charge in [-0.2, -0.15) is 0 Å². The first-order valence-corrected chi connectivity index (χ1v) is 11.5. The number of likely N-dealkylation sites (tertiary alicyclic amines) is 1. The molecule has 2 unspecified atom stereocenters. The number of nitrogens with one attached hydrogen (secondary N) is 2. The van der Waals surface area contributed by atoms with E-state index in [-0.39, 0.29) is 23.5 Å². The van der Waals surface area contributed by atoms with Crippen molar-refractivity contribution in [3.63, 3.8) is 0 Å². The van der Waals surface area contributed by atoms with Gasteiger partial charge < -0.3 is 19.6 Å². The maximum atomic E-state index is 13.3. The molecule has 0 aliphatic carbocycles. The molecule has 3 heterocycles. The summed E-state index contributed by atoms with van der Waals surface area (Å²) >= 11 is 0. The third-order valence-corrected chi connectivity index (χ3v) is 6.48. The first-order chi connectivity index (χ1) is 16.2. The predicted octanol–water partition coefficient (Wildman–Crippen LogP) is 4.70. The van der Waals surface area contributed by atoms with E-state index in [9.17, 15) is 9.59 Å². The third-order valence-electron chi connectivity index (χ3n) is 6.48. The Morgan fingerprint density at radius 3 is 2.67 bits per heavy atom. The Balaban J connectivity index is 1.37. The molecule has 2 atom stereocenters. The number of para-hydroxylation sites is 1. The molecule has 0 bridgehead atoms. The summed E-state index contributed by atoms with van der Waals surface area (Å²) in [4.78, 5) is 31.2. The minimum absolute atomic E-state index is 0.0101. The second-order valence-corrected chi connectivity index (χ2v) is 8.49. The molecule has 5 rings (SSSR count). The van der Waals surface area contributed by atoms with Gasteiger partial charge in [-0.05, 0) is 48.6 Å². The van der Waals surface area contributed by atoms with Crippen molar-refractivity contribution in [3.05, 3.63) is 96.1 Å². The number of H-pyrrole nitrogens is 1. The Hall–Kier alpha value is -3.80. The zero-order valence-corrected chi connectivity index (χ0v) is 18.4. The molecule has 1 aliphatic heterocycles. The van der Waals surface area contributed by atoms with Crippen molar-refractivity contribution in [2.24, 2.45) is 0 Å². The van der Waals surface area contributed by atoms with Crippen LogP contribution in [0, 0.1) is 0 Å². The summed E-state index contributed by atoms with van der Waals surface area (Å²) in [6, 6.07) is 21.3. The van der Waals surface area contributed by atoms with Gasteiger partial charge >= 0.3 is 0 Å². The van der Waals surface area contributed by atoms with E-state index in [0.29, 0.717) is 19.5 Å². The zero-order valence-electron chi connectivity index (χ0n) is 18.4. The number of amides is 2. The fourth-order valence-corrected chi connectivity index (χ4v) is 4.78. The summed E-state index contributed by atoms with van der Waals surface area (Å²) in [6.07, 6.45) is 5.98. The van der Waals surface area contributed by atoms with E-state index in [1.165, 1.54) is 6.26 Å². The molecule has 6 heteroatoms. The molecular formula is C27H27N3O3. The Morgan fingerprint density at radius 2 is 1.85 bits per heavy atom. The number of aromatic nitrogens is 1. The van der Waals surface area contributed by atoms with Crippen LogP contribution in [0.4, 0.5) is 0 Å². The standard InChI is InChI=1S/C27H27N3O3/c31-26(24-13-6-7-15-30(24)27(32)25-14-8-16-33-25)29-17-21(19-9-2-1-3-10-19)22-18-28-23-12-5-4-11-20(22)23/h1-5,8-12,14,16,18,21,24,28H,6-7,13,15,17H2,(H,29,31). The predicted molar refractivity (Wildman–Crippen MR) is 127 cm³/mol. The molecule has 1 aliphatic rings. The van der Waals surface area contributed by atoms with Crippen LogP contribution in [0.2, 0.25) is 0 Å². The maximum Gasteiger partial charge on any atom is 0.290 e. The number of carbonyl (C=O) groups excluding carboxylic acids is 2. The largest absolute Gasteiger partial charge is 0.459 e. The van der Waals surface area contributed by atoms with Gasteiger partial charge in [0.2, 0.25) is 5.91 Å². The highest BCUT2D eigenvalue weighted by molar-refractivity contribution is 5.95. The Morgan fingerprint density at radius 1 is 1.03 bits per heavy atom. The van der Waals surface area contributed by atoms with Gasteiger partial charge in [-0.3, -0.25) is 9.59 Å². The number of hydrogen-bond donors (Lipinski definition) is 2. The molecule has 1 saturated heterocycles. The second-order valence-electron chi connectivity index (χ2n) is 8.49. The molecule has 0 spiro atoms. The number of furan rings is 1. The fourth-order valence-electron chi connectivity index (χ4n) is 4.78. The summed E-state index contributed by atoms with van der Waals surface area (Å²) in [6.45, 7) is 1.01. The fraction of sp³-hybridized carbons (Fsp3) is 0.259. The van der Waals surface area contributed by atoms with E-state index in [1.807, 2.05) is 36.5 Å². The van der Waals surface area contributed by atoms with Gasteiger partial charge in [0.05, 0.1) is 6.26 Å². The summed E-state index contributed by atoms with van der Waals surface area (Å²) in [5, 5.41) is 4.30. The highest BCUT2D eigenvalue weighted by atomic mass is 16.3. The van der Waals surface area contributed by atoms with Crippen molar-refractivity contribution in [1.82, 2.24) is 15.2 Å². The van der Waals surface area contributed by atoms with Crippen molar-refractivity contribution >= 4 is 22.7 Å². The molecule has 2 N–H and O–H groups in total. The lowest BCUT2D eigenvalue weighted by atomic mass is 9.90. The normalized spacial score (nSPS) is 17.1. The van der Waals surface area contributed by atoms with Crippen molar-refractivity contribution in [3.8, 4) is 0 Å². The van der Waals surface area contributed by atoms with E-state index < -0.39 is 6.04 Å². The lowest BCUT2D eigenvalue weighted by Gasteiger charge is -2.34. The molecule has 2 aromatic carbocycles. The van der Waals surface area contributed by atoms with Gasteiger partial charge in [0.15, 0.2) is 5.76 Å². The lowest BCUT2D eigenvalue weighted by Crippen LogP contribution is -2.52. The summed E-state index contributed by atoms with van der Waals surface area (Å²) < 4.78 is 5.30. The molecule has 0 saturated carbocycles. The van der Waals surface area contributed by atoms with Gasteiger partial charge in [0.25, 0.3) is 5.91 Å². The number of fused-ring (bicyclic) bond motifs is 1. The second kappa shape index (κ2) is 9.36. The van der Waals surface area contributed by atoms with Crippen LogP contribution in [0.1, 0.15) is 46.9 Å². The van der Waals surface area contributed by atoms with Crippen molar-refractivity contribution < 1.29 is 14.0 Å². The highest BCUT2D eigenvalue weighted by Gasteiger charge is 2.34. The minimum Gasteiger partial charge on any atom is -0.459 e. The quantitative estimate of drug-likeness (QED) is 0.455. The van der Waals surface area contributed by atoms with E-state index in [1.54, 1.807) is 17.0 Å². The van der Waals surface area contributed by atoms with E-state index in [0.717, 1.165) is 34.9 Å². The SMILES string of the molecule is O=C(NCC(c1ccccc1)c1c[nH]c2ccccc12)C1CCCCN1C(=O)c1ccco1. The van der Waals surface area contributed by atoms with Gasteiger partial charge in [-0.25, -0.2) is 0 Å². The van der Waals surface area contributed by atoms with Crippen LogP contribution in [0.3, 0.4) is 0 Å². The number of benzene rings is 2. The van der Waals surface area contributed by atoms with Crippen LogP contribution in [0.15, 0.2) is 83.6 Å². The van der Waals surface area contributed by atoms with Crippen molar-refractivity contribution in [2.75, 3.05) is 13.1 Å². The summed E-state index contributed by atoms with van der Waals surface area (Å²) in [5.74, 6) is -0.0776. The Kier molecular flexibility index (Phi) is 5.98. The van der Waals surface area contributed by atoms with Crippen molar-refractivity contribution in [2.45, 2.75) is 31.2 Å². The van der Waals surface area contributed by atoms with Crippen LogP contribution < -0.4 is 5.32 Å². The summed E-state index contributed by atoms with van der Waals surface area (Å²) in [5.41, 5.74) is 3.35. The zero-order chi connectivity index (χ0) is 22.6. The monoisotopic (exact) mass is 441 g/mol. The number of aromatic amines is 1. The number of rotatable bonds is 6. The molecule has 0 radical (unpaired) electrons. The van der Waals surface area contributed by atoms with Crippen LogP contribution in [-0.2, 0) is 4.79 Å². The molecule has 1 fully saturated rings. The highest BCUT2D eigenvalue weighted by Crippen LogP contribution is 2.30. The molecule has 6 nitrogen and oxygen atoms in total. The van der Waals surface area contributed by atoms with Gasteiger partial charge in [0, 0.05) is 36.1 Å². The molecular weight excluding hydrogens is 414 g/mol. The number of nitrogens with zero attached hydrogens (tertiary/aromatic N) is 1. The van der Waals surface area contributed by atoms with E-state index in [4.69, 9.17) is 4.42 Å².